The summed E-state index contributed by atoms with van der Waals surface area (Å²) in [7, 11) is 0. The van der Waals surface area contributed by atoms with Gasteiger partial charge in [0.15, 0.2) is 0 Å². The van der Waals surface area contributed by atoms with Gasteiger partial charge in [0.05, 0.1) is 6.54 Å². The van der Waals surface area contributed by atoms with Crippen LogP contribution >= 0.6 is 0 Å². The molecule has 0 spiro atoms. The van der Waals surface area contributed by atoms with Crippen molar-refractivity contribution in [3.05, 3.63) is 54.4 Å². The van der Waals surface area contributed by atoms with Crippen molar-refractivity contribution in [1.29, 1.82) is 0 Å². The average Bonchev–Trinajstić information content (AvgIpc) is 3.02. The summed E-state index contributed by atoms with van der Waals surface area (Å²) in [6.45, 7) is 6.51. The highest BCUT2D eigenvalue weighted by molar-refractivity contribution is 5.16. The number of hydrogen-bond donors (Lipinski definition) is 1. The average molecular weight is 284 g/mol. The Morgan fingerprint density at radius 1 is 1.19 bits per heavy atom. The normalized spacial score (nSPS) is 23.3. The van der Waals surface area contributed by atoms with Gasteiger partial charge in [-0.05, 0) is 25.0 Å². The number of benzene rings is 1. The van der Waals surface area contributed by atoms with Crippen molar-refractivity contribution < 1.29 is 0 Å². The second kappa shape index (κ2) is 6.87. The largest absolute Gasteiger partial charge is 0.311 e. The first-order valence-corrected chi connectivity index (χ1v) is 7.80. The summed E-state index contributed by atoms with van der Waals surface area (Å²) in [5, 5.41) is 7.96. The van der Waals surface area contributed by atoms with Crippen molar-refractivity contribution in [1.82, 2.24) is 20.0 Å². The molecule has 1 saturated heterocycles. The molecule has 2 unspecified atom stereocenters. The van der Waals surface area contributed by atoms with E-state index in [1.54, 1.807) is 0 Å². The van der Waals surface area contributed by atoms with Gasteiger partial charge in [0, 0.05) is 44.1 Å². The van der Waals surface area contributed by atoms with Gasteiger partial charge in [0.1, 0.15) is 0 Å². The number of hydrogen-bond acceptors (Lipinski definition) is 3. The van der Waals surface area contributed by atoms with Crippen LogP contribution in [0.5, 0.6) is 0 Å². The topological polar surface area (TPSA) is 33.1 Å². The zero-order chi connectivity index (χ0) is 14.5. The predicted octanol–water partition coefficient (Wildman–Crippen LogP) is 1.79. The molecular weight excluding hydrogens is 260 g/mol. The molecule has 0 saturated carbocycles. The molecule has 1 N–H and O–H groups in total. The van der Waals surface area contributed by atoms with Crippen LogP contribution in [0.3, 0.4) is 0 Å². The van der Waals surface area contributed by atoms with Gasteiger partial charge in [-0.1, -0.05) is 30.3 Å². The Balaban J connectivity index is 1.54. The second-order valence-electron chi connectivity index (χ2n) is 5.91. The molecule has 0 bridgehead atoms. The summed E-state index contributed by atoms with van der Waals surface area (Å²) in [5.41, 5.74) is 1.41. The van der Waals surface area contributed by atoms with Crippen molar-refractivity contribution in [3.8, 4) is 0 Å². The molecule has 1 fully saturated rings. The zero-order valence-electron chi connectivity index (χ0n) is 12.7. The van der Waals surface area contributed by atoms with Crippen LogP contribution in [0.15, 0.2) is 48.8 Å². The Kier molecular flexibility index (Phi) is 4.68. The van der Waals surface area contributed by atoms with E-state index in [0.717, 1.165) is 32.6 Å². The fourth-order valence-corrected chi connectivity index (χ4v) is 3.00. The van der Waals surface area contributed by atoms with E-state index in [4.69, 9.17) is 0 Å². The number of nitrogens with one attached hydrogen (secondary N) is 1. The molecule has 1 aromatic heterocycles. The van der Waals surface area contributed by atoms with E-state index in [0.29, 0.717) is 12.1 Å². The van der Waals surface area contributed by atoms with E-state index in [1.807, 2.05) is 23.1 Å². The van der Waals surface area contributed by atoms with Gasteiger partial charge in [-0.3, -0.25) is 9.58 Å². The minimum Gasteiger partial charge on any atom is -0.311 e. The summed E-state index contributed by atoms with van der Waals surface area (Å²) in [6, 6.07) is 13.9. The molecule has 2 atom stereocenters. The van der Waals surface area contributed by atoms with Crippen molar-refractivity contribution in [2.24, 2.45) is 0 Å². The number of piperazine rings is 1. The predicted molar refractivity (Wildman–Crippen MR) is 85.2 cm³/mol. The maximum Gasteiger partial charge on any atom is 0.0536 e. The molecule has 2 heterocycles. The first-order valence-electron chi connectivity index (χ1n) is 7.80. The Morgan fingerprint density at radius 2 is 2.05 bits per heavy atom. The molecule has 1 aromatic carbocycles. The number of aromatic nitrogens is 2. The van der Waals surface area contributed by atoms with E-state index < -0.39 is 0 Å². The first kappa shape index (κ1) is 14.3. The smallest absolute Gasteiger partial charge is 0.0536 e. The van der Waals surface area contributed by atoms with Crippen LogP contribution < -0.4 is 5.32 Å². The molecule has 21 heavy (non-hydrogen) atoms. The van der Waals surface area contributed by atoms with Crippen LogP contribution in [0.25, 0.3) is 0 Å². The van der Waals surface area contributed by atoms with Crippen molar-refractivity contribution in [2.45, 2.75) is 32.0 Å². The van der Waals surface area contributed by atoms with Crippen molar-refractivity contribution in [3.63, 3.8) is 0 Å². The van der Waals surface area contributed by atoms with Crippen LogP contribution in [0, 0.1) is 0 Å². The van der Waals surface area contributed by atoms with Crippen LogP contribution in [0.1, 0.15) is 12.5 Å². The first-order chi connectivity index (χ1) is 10.3. The van der Waals surface area contributed by atoms with Gasteiger partial charge >= 0.3 is 0 Å². The minimum absolute atomic E-state index is 0.543. The van der Waals surface area contributed by atoms with Gasteiger partial charge < -0.3 is 5.32 Å². The van der Waals surface area contributed by atoms with Gasteiger partial charge in [-0.25, -0.2) is 0 Å². The Bertz CT molecular complexity index is 523. The van der Waals surface area contributed by atoms with Crippen molar-refractivity contribution >= 4 is 0 Å². The fourth-order valence-electron chi connectivity index (χ4n) is 3.00. The van der Waals surface area contributed by atoms with Crippen molar-refractivity contribution in [2.75, 3.05) is 19.6 Å². The number of rotatable bonds is 5. The minimum atomic E-state index is 0.543. The SMILES string of the molecule is CC1CNC(Cc2ccccc2)CN1CCn1cccn1. The van der Waals surface area contributed by atoms with Crippen LogP contribution in [-0.4, -0.2) is 46.4 Å². The quantitative estimate of drug-likeness (QED) is 0.908. The lowest BCUT2D eigenvalue weighted by Crippen LogP contribution is -2.56. The number of nitrogens with zero attached hydrogens (tertiary/aromatic N) is 3. The third kappa shape index (κ3) is 3.93. The van der Waals surface area contributed by atoms with Gasteiger partial charge in [-0.15, -0.1) is 0 Å². The second-order valence-corrected chi connectivity index (χ2v) is 5.91. The summed E-state index contributed by atoms with van der Waals surface area (Å²) in [6.07, 6.45) is 4.99. The molecule has 4 heteroatoms. The summed E-state index contributed by atoms with van der Waals surface area (Å²) in [5.74, 6) is 0. The van der Waals surface area contributed by atoms with Crippen LogP contribution in [0.2, 0.25) is 0 Å². The molecule has 2 aromatic rings. The lowest BCUT2D eigenvalue weighted by atomic mass is 10.0. The standard InChI is InChI=1S/C17H24N4/c1-15-13-18-17(12-16-6-3-2-4-7-16)14-20(15)10-11-21-9-5-8-19-21/h2-9,15,17-18H,10-14H2,1H3. The maximum atomic E-state index is 4.29. The molecule has 0 aliphatic carbocycles. The summed E-state index contributed by atoms with van der Waals surface area (Å²) in [4.78, 5) is 2.58. The van der Waals surface area contributed by atoms with E-state index >= 15 is 0 Å². The van der Waals surface area contributed by atoms with E-state index in [-0.39, 0.29) is 0 Å². The van der Waals surface area contributed by atoms with Gasteiger partial charge in [-0.2, -0.15) is 5.10 Å². The highest BCUT2D eigenvalue weighted by Gasteiger charge is 2.24. The molecule has 112 valence electrons. The fraction of sp³-hybridized carbons (Fsp3) is 0.471. The molecule has 3 rings (SSSR count). The molecular formula is C17H24N4. The third-order valence-corrected chi connectivity index (χ3v) is 4.28. The molecule has 0 radical (unpaired) electrons. The molecule has 1 aliphatic heterocycles. The molecule has 0 amide bonds. The Morgan fingerprint density at radius 3 is 2.81 bits per heavy atom. The highest BCUT2D eigenvalue weighted by Crippen LogP contribution is 2.11. The van der Waals surface area contributed by atoms with E-state index in [1.165, 1.54) is 5.56 Å². The molecule has 1 aliphatic rings. The van der Waals surface area contributed by atoms with Crippen LogP contribution in [-0.2, 0) is 13.0 Å². The lowest BCUT2D eigenvalue weighted by Gasteiger charge is -2.39. The monoisotopic (exact) mass is 284 g/mol. The summed E-state index contributed by atoms with van der Waals surface area (Å²) >= 11 is 0. The highest BCUT2D eigenvalue weighted by atomic mass is 15.3. The van der Waals surface area contributed by atoms with E-state index in [9.17, 15) is 0 Å². The van der Waals surface area contributed by atoms with E-state index in [2.05, 4.69) is 52.6 Å². The van der Waals surface area contributed by atoms with Gasteiger partial charge in [0.25, 0.3) is 0 Å². The van der Waals surface area contributed by atoms with Gasteiger partial charge in [0.2, 0.25) is 0 Å². The third-order valence-electron chi connectivity index (χ3n) is 4.28. The van der Waals surface area contributed by atoms with Crippen LogP contribution in [0.4, 0.5) is 0 Å². The Labute approximate surface area is 126 Å². The zero-order valence-corrected chi connectivity index (χ0v) is 12.7. The summed E-state index contributed by atoms with van der Waals surface area (Å²) < 4.78 is 2.01. The molecule has 4 nitrogen and oxygen atoms in total. The maximum absolute atomic E-state index is 4.29. The lowest BCUT2D eigenvalue weighted by molar-refractivity contribution is 0.134. The Hall–Kier alpha value is -1.65.